The molecular formula is C13H12N2O. The fourth-order valence-electron chi connectivity index (χ4n) is 1.85. The summed E-state index contributed by atoms with van der Waals surface area (Å²) in [6.07, 6.45) is 1.79. The second-order valence-corrected chi connectivity index (χ2v) is 3.75. The largest absolute Gasteiger partial charge is 0.466 e. The van der Waals surface area contributed by atoms with Crippen molar-refractivity contribution in [2.45, 2.75) is 6.10 Å². The first-order valence-corrected chi connectivity index (χ1v) is 5.34. The Morgan fingerprint density at radius 2 is 2.00 bits per heavy atom. The highest BCUT2D eigenvalue weighted by molar-refractivity contribution is 5.54. The summed E-state index contributed by atoms with van der Waals surface area (Å²) < 4.78 is 5.84. The van der Waals surface area contributed by atoms with Crippen LogP contribution in [0.25, 0.3) is 0 Å². The SMILES string of the molecule is c1ccc(C2CNc3cccnc3O2)cc1. The molecule has 3 heteroatoms. The summed E-state index contributed by atoms with van der Waals surface area (Å²) in [5.74, 6) is 0.683. The molecule has 2 heterocycles. The molecule has 80 valence electrons. The van der Waals surface area contributed by atoms with Crippen LogP contribution in [0.15, 0.2) is 48.7 Å². The Morgan fingerprint density at radius 3 is 2.88 bits per heavy atom. The number of hydrogen-bond donors (Lipinski definition) is 1. The number of nitrogens with zero attached hydrogens (tertiary/aromatic N) is 1. The first-order chi connectivity index (χ1) is 7.93. The van der Waals surface area contributed by atoms with Gasteiger partial charge >= 0.3 is 0 Å². The maximum absolute atomic E-state index is 5.84. The molecule has 0 spiro atoms. The van der Waals surface area contributed by atoms with E-state index in [0.29, 0.717) is 5.88 Å². The minimum Gasteiger partial charge on any atom is -0.466 e. The van der Waals surface area contributed by atoms with Crippen molar-refractivity contribution < 1.29 is 4.74 Å². The second kappa shape index (κ2) is 3.85. The zero-order valence-corrected chi connectivity index (χ0v) is 8.76. The molecule has 1 N–H and O–H groups in total. The standard InChI is InChI=1S/C13H12N2O/c1-2-5-10(6-3-1)12-9-15-11-7-4-8-14-13(11)16-12/h1-8,12,15H,9H2. The van der Waals surface area contributed by atoms with Crippen molar-refractivity contribution in [3.05, 3.63) is 54.2 Å². The summed E-state index contributed by atoms with van der Waals surface area (Å²) in [6.45, 7) is 0.780. The summed E-state index contributed by atoms with van der Waals surface area (Å²) in [5, 5.41) is 3.32. The lowest BCUT2D eigenvalue weighted by molar-refractivity contribution is 0.201. The van der Waals surface area contributed by atoms with E-state index in [0.717, 1.165) is 12.2 Å². The molecule has 2 aromatic rings. The number of fused-ring (bicyclic) bond motifs is 1. The van der Waals surface area contributed by atoms with Crippen LogP contribution >= 0.6 is 0 Å². The lowest BCUT2D eigenvalue weighted by atomic mass is 10.1. The Hall–Kier alpha value is -2.03. The smallest absolute Gasteiger partial charge is 0.238 e. The van der Waals surface area contributed by atoms with Crippen molar-refractivity contribution in [1.82, 2.24) is 4.98 Å². The fraction of sp³-hybridized carbons (Fsp3) is 0.154. The van der Waals surface area contributed by atoms with Gasteiger partial charge in [-0.15, -0.1) is 0 Å². The number of nitrogens with one attached hydrogen (secondary N) is 1. The van der Waals surface area contributed by atoms with E-state index in [1.165, 1.54) is 5.56 Å². The van der Waals surface area contributed by atoms with Crippen LogP contribution in [-0.2, 0) is 0 Å². The van der Waals surface area contributed by atoms with Crippen LogP contribution in [0, 0.1) is 0 Å². The minimum atomic E-state index is 0.0450. The van der Waals surface area contributed by atoms with Gasteiger partial charge in [0, 0.05) is 6.20 Å². The second-order valence-electron chi connectivity index (χ2n) is 3.75. The monoisotopic (exact) mass is 212 g/mol. The van der Waals surface area contributed by atoms with Gasteiger partial charge in [-0.1, -0.05) is 30.3 Å². The molecule has 3 nitrogen and oxygen atoms in total. The number of anilines is 1. The molecule has 1 atom stereocenters. The molecule has 3 rings (SSSR count). The average Bonchev–Trinajstić information content (AvgIpc) is 2.39. The maximum atomic E-state index is 5.84. The van der Waals surface area contributed by atoms with Crippen LogP contribution in [0.2, 0.25) is 0 Å². The summed E-state index contributed by atoms with van der Waals surface area (Å²) >= 11 is 0. The van der Waals surface area contributed by atoms with E-state index in [9.17, 15) is 0 Å². The molecule has 1 aromatic heterocycles. The van der Waals surface area contributed by atoms with Crippen LogP contribution < -0.4 is 10.1 Å². The average molecular weight is 212 g/mol. The minimum absolute atomic E-state index is 0.0450. The van der Waals surface area contributed by atoms with Gasteiger partial charge in [-0.25, -0.2) is 4.98 Å². The molecule has 0 radical (unpaired) electrons. The summed E-state index contributed by atoms with van der Waals surface area (Å²) in [4.78, 5) is 4.21. The molecule has 1 aliphatic rings. The van der Waals surface area contributed by atoms with Gasteiger partial charge in [0.25, 0.3) is 0 Å². The molecule has 1 unspecified atom stereocenters. The predicted molar refractivity (Wildman–Crippen MR) is 62.5 cm³/mol. The molecule has 1 aliphatic heterocycles. The molecule has 0 bridgehead atoms. The van der Waals surface area contributed by atoms with E-state index in [2.05, 4.69) is 22.4 Å². The summed E-state index contributed by atoms with van der Waals surface area (Å²) in [7, 11) is 0. The highest BCUT2D eigenvalue weighted by Crippen LogP contribution is 2.31. The Kier molecular flexibility index (Phi) is 2.22. The predicted octanol–water partition coefficient (Wildman–Crippen LogP) is 2.63. The highest BCUT2D eigenvalue weighted by atomic mass is 16.5. The normalized spacial score (nSPS) is 18.1. The molecule has 0 fully saturated rings. The van der Waals surface area contributed by atoms with E-state index in [4.69, 9.17) is 4.74 Å². The number of hydrogen-bond acceptors (Lipinski definition) is 3. The van der Waals surface area contributed by atoms with Gasteiger partial charge in [-0.2, -0.15) is 0 Å². The molecular weight excluding hydrogens is 200 g/mol. The third kappa shape index (κ3) is 1.60. The number of pyridine rings is 1. The van der Waals surface area contributed by atoms with Crippen LogP contribution in [0.4, 0.5) is 5.69 Å². The van der Waals surface area contributed by atoms with Crippen LogP contribution in [-0.4, -0.2) is 11.5 Å². The van der Waals surface area contributed by atoms with Crippen molar-refractivity contribution >= 4 is 5.69 Å². The van der Waals surface area contributed by atoms with E-state index in [1.54, 1.807) is 6.20 Å². The van der Waals surface area contributed by atoms with Crippen molar-refractivity contribution in [3.8, 4) is 5.88 Å². The Bertz CT molecular complexity index is 484. The number of aromatic nitrogens is 1. The Balaban J connectivity index is 1.89. The van der Waals surface area contributed by atoms with Gasteiger partial charge in [0.1, 0.15) is 6.10 Å². The van der Waals surface area contributed by atoms with Crippen molar-refractivity contribution in [2.24, 2.45) is 0 Å². The van der Waals surface area contributed by atoms with Gasteiger partial charge in [-0.3, -0.25) is 0 Å². The Morgan fingerprint density at radius 1 is 1.12 bits per heavy atom. The topological polar surface area (TPSA) is 34.2 Å². The molecule has 0 saturated carbocycles. The van der Waals surface area contributed by atoms with E-state index in [1.807, 2.05) is 30.3 Å². The third-order valence-electron chi connectivity index (χ3n) is 2.67. The van der Waals surface area contributed by atoms with Gasteiger partial charge in [0.15, 0.2) is 0 Å². The summed E-state index contributed by atoms with van der Waals surface area (Å²) in [5.41, 5.74) is 2.14. The lowest BCUT2D eigenvalue weighted by Gasteiger charge is -2.26. The van der Waals surface area contributed by atoms with Crippen LogP contribution in [0.3, 0.4) is 0 Å². The molecule has 0 aliphatic carbocycles. The van der Waals surface area contributed by atoms with E-state index in [-0.39, 0.29) is 6.10 Å². The van der Waals surface area contributed by atoms with Crippen LogP contribution in [0.1, 0.15) is 11.7 Å². The van der Waals surface area contributed by atoms with Crippen molar-refractivity contribution in [2.75, 3.05) is 11.9 Å². The number of ether oxygens (including phenoxy) is 1. The van der Waals surface area contributed by atoms with E-state index < -0.39 is 0 Å². The fourth-order valence-corrected chi connectivity index (χ4v) is 1.85. The molecule has 0 amide bonds. The van der Waals surface area contributed by atoms with Gasteiger partial charge in [-0.05, 0) is 17.7 Å². The molecule has 0 saturated heterocycles. The number of benzene rings is 1. The van der Waals surface area contributed by atoms with Crippen molar-refractivity contribution in [3.63, 3.8) is 0 Å². The summed E-state index contributed by atoms with van der Waals surface area (Å²) in [6, 6.07) is 14.1. The zero-order valence-electron chi connectivity index (χ0n) is 8.76. The first-order valence-electron chi connectivity index (χ1n) is 5.34. The number of rotatable bonds is 1. The molecule has 16 heavy (non-hydrogen) atoms. The quantitative estimate of drug-likeness (QED) is 0.789. The van der Waals surface area contributed by atoms with Gasteiger partial charge < -0.3 is 10.1 Å². The van der Waals surface area contributed by atoms with Gasteiger partial charge in [0.2, 0.25) is 5.88 Å². The Labute approximate surface area is 94.1 Å². The zero-order chi connectivity index (χ0) is 10.8. The van der Waals surface area contributed by atoms with Crippen molar-refractivity contribution in [1.29, 1.82) is 0 Å². The molecule has 1 aromatic carbocycles. The third-order valence-corrected chi connectivity index (χ3v) is 2.67. The van der Waals surface area contributed by atoms with E-state index >= 15 is 0 Å². The van der Waals surface area contributed by atoms with Gasteiger partial charge in [0.05, 0.1) is 12.2 Å². The highest BCUT2D eigenvalue weighted by Gasteiger charge is 2.20. The van der Waals surface area contributed by atoms with Crippen LogP contribution in [0.5, 0.6) is 5.88 Å². The lowest BCUT2D eigenvalue weighted by Crippen LogP contribution is -2.24. The first kappa shape index (κ1) is 9.21. The maximum Gasteiger partial charge on any atom is 0.238 e.